The van der Waals surface area contributed by atoms with Gasteiger partial charge in [-0.25, -0.2) is 4.79 Å². The number of aryl methyl sites for hydroxylation is 2. The van der Waals surface area contributed by atoms with E-state index in [-0.39, 0.29) is 0 Å². The zero-order valence-corrected chi connectivity index (χ0v) is 8.84. The van der Waals surface area contributed by atoms with Crippen LogP contribution in [0.5, 0.6) is 0 Å². The highest BCUT2D eigenvalue weighted by Crippen LogP contribution is 2.30. The maximum Gasteiger partial charge on any atom is 0.337 e. The lowest BCUT2D eigenvalue weighted by Gasteiger charge is -2.15. The molecule has 82 valence electrons. The molecule has 1 aliphatic rings. The SMILES string of the molecule is Cn1ncc2c1CCn1cc(C(=O)O)cc1-2. The van der Waals surface area contributed by atoms with Gasteiger partial charge in [-0.1, -0.05) is 0 Å². The molecule has 1 N–H and O–H groups in total. The van der Waals surface area contributed by atoms with Gasteiger partial charge in [0.15, 0.2) is 0 Å². The molecule has 3 rings (SSSR count). The van der Waals surface area contributed by atoms with E-state index in [1.165, 1.54) is 5.69 Å². The Morgan fingerprint density at radius 1 is 1.56 bits per heavy atom. The van der Waals surface area contributed by atoms with Crippen LogP contribution < -0.4 is 0 Å². The highest BCUT2D eigenvalue weighted by molar-refractivity contribution is 5.89. The summed E-state index contributed by atoms with van der Waals surface area (Å²) in [5.74, 6) is -0.882. The van der Waals surface area contributed by atoms with Gasteiger partial charge in [-0.15, -0.1) is 0 Å². The van der Waals surface area contributed by atoms with Crippen molar-refractivity contribution in [2.24, 2.45) is 7.05 Å². The van der Waals surface area contributed by atoms with Crippen molar-refractivity contribution >= 4 is 5.97 Å². The van der Waals surface area contributed by atoms with Crippen molar-refractivity contribution in [1.29, 1.82) is 0 Å². The second-order valence-electron chi connectivity index (χ2n) is 3.99. The van der Waals surface area contributed by atoms with E-state index in [1.54, 1.807) is 18.5 Å². The van der Waals surface area contributed by atoms with Crippen LogP contribution in [0.3, 0.4) is 0 Å². The summed E-state index contributed by atoms with van der Waals surface area (Å²) < 4.78 is 3.83. The van der Waals surface area contributed by atoms with Crippen LogP contribution in [0.2, 0.25) is 0 Å². The largest absolute Gasteiger partial charge is 0.478 e. The van der Waals surface area contributed by atoms with Gasteiger partial charge in [-0.2, -0.15) is 5.10 Å². The summed E-state index contributed by atoms with van der Waals surface area (Å²) in [6.45, 7) is 0.815. The van der Waals surface area contributed by atoms with E-state index in [4.69, 9.17) is 5.11 Å². The van der Waals surface area contributed by atoms with Crippen LogP contribution in [-0.2, 0) is 20.0 Å². The van der Waals surface area contributed by atoms with Gasteiger partial charge in [0.25, 0.3) is 0 Å². The van der Waals surface area contributed by atoms with Gasteiger partial charge in [0, 0.05) is 37.5 Å². The minimum absolute atomic E-state index is 0.340. The Morgan fingerprint density at radius 2 is 2.38 bits per heavy atom. The molecule has 0 saturated carbocycles. The number of aromatic carboxylic acids is 1. The molecule has 0 atom stereocenters. The molecular formula is C11H11N3O2. The second-order valence-corrected chi connectivity index (χ2v) is 3.99. The Balaban J connectivity index is 2.20. The first-order chi connectivity index (χ1) is 7.66. The fourth-order valence-electron chi connectivity index (χ4n) is 2.24. The number of fused-ring (bicyclic) bond motifs is 3. The van der Waals surface area contributed by atoms with Gasteiger partial charge >= 0.3 is 5.97 Å². The zero-order chi connectivity index (χ0) is 11.3. The molecule has 0 bridgehead atoms. The monoisotopic (exact) mass is 217 g/mol. The first-order valence-corrected chi connectivity index (χ1v) is 5.11. The fourth-order valence-corrected chi connectivity index (χ4v) is 2.24. The second kappa shape index (κ2) is 2.98. The van der Waals surface area contributed by atoms with Crippen molar-refractivity contribution in [2.75, 3.05) is 0 Å². The Bertz CT molecular complexity index is 580. The molecule has 2 aromatic heterocycles. The van der Waals surface area contributed by atoms with E-state index in [2.05, 4.69) is 5.10 Å². The Hall–Kier alpha value is -2.04. The number of carbonyl (C=O) groups is 1. The molecule has 3 heterocycles. The van der Waals surface area contributed by atoms with E-state index in [0.29, 0.717) is 5.56 Å². The highest BCUT2D eigenvalue weighted by atomic mass is 16.4. The predicted molar refractivity (Wildman–Crippen MR) is 57.3 cm³/mol. The summed E-state index contributed by atoms with van der Waals surface area (Å²) in [5, 5.41) is 13.2. The summed E-state index contributed by atoms with van der Waals surface area (Å²) in [4.78, 5) is 10.9. The molecule has 0 amide bonds. The average molecular weight is 217 g/mol. The molecule has 0 unspecified atom stereocenters. The van der Waals surface area contributed by atoms with Gasteiger partial charge < -0.3 is 9.67 Å². The number of aromatic nitrogens is 3. The minimum Gasteiger partial charge on any atom is -0.478 e. The van der Waals surface area contributed by atoms with Crippen LogP contribution in [0.4, 0.5) is 0 Å². The first kappa shape index (κ1) is 9.21. The molecular weight excluding hydrogens is 206 g/mol. The lowest BCUT2D eigenvalue weighted by molar-refractivity contribution is 0.0697. The maximum absolute atomic E-state index is 10.9. The van der Waals surface area contributed by atoms with Crippen LogP contribution in [0, 0.1) is 0 Å². The average Bonchev–Trinajstić information content (AvgIpc) is 2.81. The third-order valence-corrected chi connectivity index (χ3v) is 3.07. The van der Waals surface area contributed by atoms with E-state index in [9.17, 15) is 4.79 Å². The van der Waals surface area contributed by atoms with Crippen molar-refractivity contribution in [1.82, 2.24) is 14.3 Å². The Morgan fingerprint density at radius 3 is 3.12 bits per heavy atom. The van der Waals surface area contributed by atoms with E-state index in [1.807, 2.05) is 16.3 Å². The molecule has 0 aliphatic carbocycles. The van der Waals surface area contributed by atoms with Gasteiger partial charge in [0.2, 0.25) is 0 Å². The molecule has 0 spiro atoms. The Kier molecular flexibility index (Phi) is 1.71. The van der Waals surface area contributed by atoms with Crippen molar-refractivity contribution in [3.63, 3.8) is 0 Å². The smallest absolute Gasteiger partial charge is 0.337 e. The number of carboxylic acids is 1. The van der Waals surface area contributed by atoms with Crippen molar-refractivity contribution in [3.8, 4) is 11.3 Å². The molecule has 16 heavy (non-hydrogen) atoms. The van der Waals surface area contributed by atoms with Crippen LogP contribution in [0.25, 0.3) is 11.3 Å². The number of carboxylic acid groups (broad SMARTS) is 1. The number of hydrogen-bond acceptors (Lipinski definition) is 2. The standard InChI is InChI=1S/C11H11N3O2/c1-13-9-2-3-14-6-7(11(15)16)4-10(14)8(9)5-12-13/h4-6H,2-3H2,1H3,(H,15,16). The third-order valence-electron chi connectivity index (χ3n) is 3.07. The van der Waals surface area contributed by atoms with Gasteiger partial charge in [-0.3, -0.25) is 4.68 Å². The molecule has 2 aromatic rings. The van der Waals surface area contributed by atoms with Crippen LogP contribution in [0.1, 0.15) is 16.1 Å². The van der Waals surface area contributed by atoms with Gasteiger partial charge in [-0.05, 0) is 6.07 Å². The van der Waals surface area contributed by atoms with E-state index < -0.39 is 5.97 Å². The maximum atomic E-state index is 10.9. The molecule has 5 heteroatoms. The van der Waals surface area contributed by atoms with Gasteiger partial charge in [0.05, 0.1) is 17.5 Å². The topological polar surface area (TPSA) is 60.0 Å². The molecule has 5 nitrogen and oxygen atoms in total. The van der Waals surface area contributed by atoms with Crippen LogP contribution in [0.15, 0.2) is 18.5 Å². The highest BCUT2D eigenvalue weighted by Gasteiger charge is 2.21. The molecule has 1 aliphatic heterocycles. The van der Waals surface area contributed by atoms with Gasteiger partial charge in [0.1, 0.15) is 0 Å². The minimum atomic E-state index is -0.882. The summed E-state index contributed by atoms with van der Waals surface area (Å²) >= 11 is 0. The molecule has 0 fully saturated rings. The summed E-state index contributed by atoms with van der Waals surface area (Å²) in [6.07, 6.45) is 4.38. The molecule has 0 aromatic carbocycles. The normalized spacial score (nSPS) is 13.3. The quantitative estimate of drug-likeness (QED) is 0.779. The first-order valence-electron chi connectivity index (χ1n) is 5.11. The fraction of sp³-hybridized carbons (Fsp3) is 0.273. The summed E-state index contributed by atoms with van der Waals surface area (Å²) in [6, 6.07) is 1.71. The number of hydrogen-bond donors (Lipinski definition) is 1. The molecule has 0 saturated heterocycles. The van der Waals surface area contributed by atoms with Crippen molar-refractivity contribution in [2.45, 2.75) is 13.0 Å². The lowest BCUT2D eigenvalue weighted by atomic mass is 10.1. The van der Waals surface area contributed by atoms with Crippen molar-refractivity contribution in [3.05, 3.63) is 29.7 Å². The predicted octanol–water partition coefficient (Wildman–Crippen LogP) is 1.14. The van der Waals surface area contributed by atoms with Crippen LogP contribution in [-0.4, -0.2) is 25.4 Å². The lowest BCUT2D eigenvalue weighted by Crippen LogP contribution is -2.11. The van der Waals surface area contributed by atoms with E-state index >= 15 is 0 Å². The zero-order valence-electron chi connectivity index (χ0n) is 8.84. The number of nitrogens with zero attached hydrogens (tertiary/aromatic N) is 3. The van der Waals surface area contributed by atoms with Crippen molar-refractivity contribution < 1.29 is 9.90 Å². The van der Waals surface area contributed by atoms with Crippen LogP contribution >= 0.6 is 0 Å². The summed E-state index contributed by atoms with van der Waals surface area (Å²) in [7, 11) is 1.91. The molecule has 0 radical (unpaired) electrons. The third kappa shape index (κ3) is 1.11. The van der Waals surface area contributed by atoms with E-state index in [0.717, 1.165) is 24.2 Å². The summed E-state index contributed by atoms with van der Waals surface area (Å²) in [5.41, 5.74) is 3.50. The Labute approximate surface area is 91.9 Å². The number of rotatable bonds is 1.